The lowest BCUT2D eigenvalue weighted by atomic mass is 9.43. The Morgan fingerprint density at radius 1 is 0.633 bits per heavy atom. The maximum atomic E-state index is 13.5. The SMILES string of the molecule is NC1CCC(NC(=O)C23CC4CC(C2)CC(C(=O)NC2CCC(N)CC2)(C4)C3)CC1. The molecule has 6 saturated carbocycles. The van der Waals surface area contributed by atoms with Crippen LogP contribution >= 0.6 is 0 Å². The standard InChI is InChI=1S/C24H40N4O2/c25-17-1-5-19(6-2-17)27-21(29)23-10-15-9-16(11-23)13-24(12-15,14-23)22(30)28-20-7-3-18(26)4-8-20/h15-20H,1-14,25-26H2,(H,27,29)(H,28,30). The zero-order valence-corrected chi connectivity index (χ0v) is 18.3. The summed E-state index contributed by atoms with van der Waals surface area (Å²) in [5.74, 6) is 1.53. The molecule has 0 atom stereocenters. The number of carbonyl (C=O) groups is 2. The third-order valence-corrected chi connectivity index (χ3v) is 9.24. The van der Waals surface area contributed by atoms with Gasteiger partial charge >= 0.3 is 0 Å². The van der Waals surface area contributed by atoms with Crippen molar-refractivity contribution in [3.63, 3.8) is 0 Å². The van der Waals surface area contributed by atoms with Gasteiger partial charge in [0.25, 0.3) is 0 Å². The molecule has 0 saturated heterocycles. The Morgan fingerprint density at radius 3 is 1.37 bits per heavy atom. The summed E-state index contributed by atoms with van der Waals surface area (Å²) in [5, 5.41) is 6.80. The van der Waals surface area contributed by atoms with Crippen molar-refractivity contribution in [1.82, 2.24) is 10.6 Å². The van der Waals surface area contributed by atoms with E-state index < -0.39 is 0 Å². The molecular weight excluding hydrogens is 376 g/mol. The second kappa shape index (κ2) is 7.77. The zero-order valence-electron chi connectivity index (χ0n) is 18.3. The molecule has 6 nitrogen and oxygen atoms in total. The fraction of sp³-hybridized carbons (Fsp3) is 0.917. The van der Waals surface area contributed by atoms with Crippen LogP contribution in [0.15, 0.2) is 0 Å². The Morgan fingerprint density at radius 2 is 1.00 bits per heavy atom. The largest absolute Gasteiger partial charge is 0.353 e. The number of rotatable bonds is 4. The maximum absolute atomic E-state index is 13.5. The van der Waals surface area contributed by atoms with E-state index in [1.54, 1.807) is 0 Å². The molecule has 0 aromatic carbocycles. The second-order valence-corrected chi connectivity index (χ2v) is 11.7. The lowest BCUT2D eigenvalue weighted by Gasteiger charge is -2.60. The van der Waals surface area contributed by atoms with Crippen LogP contribution in [0.25, 0.3) is 0 Å². The first-order valence-corrected chi connectivity index (χ1v) is 12.5. The zero-order chi connectivity index (χ0) is 20.9. The summed E-state index contributed by atoms with van der Waals surface area (Å²) in [6, 6.07) is 1.11. The molecule has 168 valence electrons. The van der Waals surface area contributed by atoms with E-state index in [4.69, 9.17) is 11.5 Å². The van der Waals surface area contributed by atoms with Crippen molar-refractivity contribution in [2.45, 2.75) is 114 Å². The molecule has 0 spiro atoms. The van der Waals surface area contributed by atoms with Crippen molar-refractivity contribution in [3.05, 3.63) is 0 Å². The van der Waals surface area contributed by atoms with Gasteiger partial charge in [-0.05, 0) is 102 Å². The number of hydrogen-bond donors (Lipinski definition) is 4. The van der Waals surface area contributed by atoms with E-state index in [0.29, 0.717) is 23.9 Å². The molecule has 0 unspecified atom stereocenters. The molecule has 6 aliphatic rings. The first-order valence-electron chi connectivity index (χ1n) is 12.5. The first-order chi connectivity index (χ1) is 14.4. The minimum Gasteiger partial charge on any atom is -0.353 e. The van der Waals surface area contributed by atoms with Gasteiger partial charge in [-0.3, -0.25) is 9.59 Å². The second-order valence-electron chi connectivity index (χ2n) is 11.7. The van der Waals surface area contributed by atoms with Crippen molar-refractivity contribution < 1.29 is 9.59 Å². The average molecular weight is 417 g/mol. The normalized spacial score (nSPS) is 47.7. The van der Waals surface area contributed by atoms with Crippen molar-refractivity contribution in [1.29, 1.82) is 0 Å². The molecule has 6 aliphatic carbocycles. The highest BCUT2D eigenvalue weighted by molar-refractivity contribution is 5.88. The average Bonchev–Trinajstić information content (AvgIpc) is 2.70. The van der Waals surface area contributed by atoms with Gasteiger partial charge in [0.15, 0.2) is 0 Å². The third kappa shape index (κ3) is 3.79. The van der Waals surface area contributed by atoms with E-state index in [9.17, 15) is 9.59 Å². The molecule has 2 amide bonds. The molecule has 0 aromatic rings. The van der Waals surface area contributed by atoms with E-state index in [2.05, 4.69) is 10.6 Å². The molecule has 6 rings (SSSR count). The lowest BCUT2D eigenvalue weighted by Crippen LogP contribution is -2.63. The Hall–Kier alpha value is -1.14. The molecule has 6 N–H and O–H groups in total. The first kappa shape index (κ1) is 20.7. The van der Waals surface area contributed by atoms with Crippen LogP contribution < -0.4 is 22.1 Å². The summed E-state index contributed by atoms with van der Waals surface area (Å²) in [7, 11) is 0. The van der Waals surface area contributed by atoms with E-state index in [1.807, 2.05) is 0 Å². The van der Waals surface area contributed by atoms with Gasteiger partial charge in [0, 0.05) is 24.2 Å². The van der Waals surface area contributed by atoms with Gasteiger partial charge in [-0.1, -0.05) is 0 Å². The van der Waals surface area contributed by atoms with E-state index in [0.717, 1.165) is 83.5 Å². The maximum Gasteiger partial charge on any atom is 0.226 e. The monoisotopic (exact) mass is 416 g/mol. The number of nitrogens with two attached hydrogens (primary N) is 2. The van der Waals surface area contributed by atoms with E-state index in [1.165, 1.54) is 6.42 Å². The van der Waals surface area contributed by atoms with Crippen LogP contribution in [-0.4, -0.2) is 36.0 Å². The highest BCUT2D eigenvalue weighted by Gasteiger charge is 2.63. The molecule has 0 radical (unpaired) electrons. The Balaban J connectivity index is 1.28. The Kier molecular flexibility index (Phi) is 5.37. The molecule has 30 heavy (non-hydrogen) atoms. The number of nitrogens with one attached hydrogen (secondary N) is 2. The van der Waals surface area contributed by atoms with Gasteiger partial charge in [-0.2, -0.15) is 0 Å². The highest BCUT2D eigenvalue weighted by Crippen LogP contribution is 2.65. The number of amides is 2. The summed E-state index contributed by atoms with van der Waals surface area (Å²) in [6.45, 7) is 0. The van der Waals surface area contributed by atoms with Crippen molar-refractivity contribution in [3.8, 4) is 0 Å². The fourth-order valence-corrected chi connectivity index (χ4v) is 8.00. The van der Waals surface area contributed by atoms with Gasteiger partial charge in [0.05, 0.1) is 10.8 Å². The molecule has 4 bridgehead atoms. The van der Waals surface area contributed by atoms with Crippen LogP contribution in [0.4, 0.5) is 0 Å². The van der Waals surface area contributed by atoms with Crippen LogP contribution in [0.5, 0.6) is 0 Å². The quantitative estimate of drug-likeness (QED) is 0.564. The van der Waals surface area contributed by atoms with Crippen LogP contribution in [0.3, 0.4) is 0 Å². The third-order valence-electron chi connectivity index (χ3n) is 9.24. The van der Waals surface area contributed by atoms with Crippen LogP contribution in [0, 0.1) is 22.7 Å². The van der Waals surface area contributed by atoms with E-state index >= 15 is 0 Å². The van der Waals surface area contributed by atoms with Gasteiger partial charge in [-0.15, -0.1) is 0 Å². The summed E-state index contributed by atoms with van der Waals surface area (Å²) < 4.78 is 0. The Labute approximate surface area is 180 Å². The molecule has 0 aliphatic heterocycles. The van der Waals surface area contributed by atoms with Crippen LogP contribution in [0.2, 0.25) is 0 Å². The van der Waals surface area contributed by atoms with Gasteiger partial charge in [-0.25, -0.2) is 0 Å². The topological polar surface area (TPSA) is 110 Å². The highest BCUT2D eigenvalue weighted by atomic mass is 16.2. The van der Waals surface area contributed by atoms with Gasteiger partial charge < -0.3 is 22.1 Å². The Bertz CT molecular complexity index is 611. The molecule has 6 fully saturated rings. The summed E-state index contributed by atoms with van der Waals surface area (Å²) >= 11 is 0. The summed E-state index contributed by atoms with van der Waals surface area (Å²) in [6.07, 6.45) is 13.9. The van der Waals surface area contributed by atoms with Crippen molar-refractivity contribution in [2.24, 2.45) is 34.1 Å². The number of carbonyl (C=O) groups excluding carboxylic acids is 2. The molecule has 6 heteroatoms. The smallest absolute Gasteiger partial charge is 0.226 e. The fourth-order valence-electron chi connectivity index (χ4n) is 8.00. The minimum absolute atomic E-state index is 0.234. The predicted molar refractivity (Wildman–Crippen MR) is 116 cm³/mol. The number of hydrogen-bond acceptors (Lipinski definition) is 4. The predicted octanol–water partition coefficient (Wildman–Crippen LogP) is 2.35. The summed E-state index contributed by atoms with van der Waals surface area (Å²) in [5.41, 5.74) is 11.4. The van der Waals surface area contributed by atoms with Gasteiger partial charge in [0.1, 0.15) is 0 Å². The van der Waals surface area contributed by atoms with E-state index in [-0.39, 0.29) is 34.7 Å². The summed E-state index contributed by atoms with van der Waals surface area (Å²) in [4.78, 5) is 27.1. The minimum atomic E-state index is -0.324. The van der Waals surface area contributed by atoms with Crippen molar-refractivity contribution in [2.75, 3.05) is 0 Å². The van der Waals surface area contributed by atoms with Gasteiger partial charge in [0.2, 0.25) is 11.8 Å². The molecule has 0 aromatic heterocycles. The molecular formula is C24H40N4O2. The lowest BCUT2D eigenvalue weighted by molar-refractivity contribution is -0.168. The van der Waals surface area contributed by atoms with Crippen LogP contribution in [-0.2, 0) is 9.59 Å². The molecule has 0 heterocycles. The van der Waals surface area contributed by atoms with Crippen LogP contribution in [0.1, 0.15) is 89.9 Å². The van der Waals surface area contributed by atoms with Crippen molar-refractivity contribution >= 4 is 11.8 Å².